The molecule has 0 atom stereocenters. The molecule has 0 amide bonds. The molecule has 0 saturated heterocycles. The average molecular weight is 293 g/mol. The number of thioether (sulfide) groups is 1. The number of hydrogen-bond donors (Lipinski definition) is 0. The maximum absolute atomic E-state index is 12.1. The monoisotopic (exact) mass is 292 g/mol. The molecular formula is C15H13ClO2S. The molecule has 0 N–H and O–H groups in total. The lowest BCUT2D eigenvalue weighted by Crippen LogP contribution is -2.09. The Kier molecular flexibility index (Phi) is 4.51. The van der Waals surface area contributed by atoms with Crippen molar-refractivity contribution in [3.63, 3.8) is 0 Å². The molecule has 2 rings (SSSR count). The lowest BCUT2D eigenvalue weighted by atomic mass is 10.2. The third-order valence-electron chi connectivity index (χ3n) is 2.62. The normalized spacial score (nSPS) is 10.3. The molecule has 2 aromatic carbocycles. The molecule has 0 heterocycles. The maximum atomic E-state index is 12.1. The van der Waals surface area contributed by atoms with E-state index in [-0.39, 0.29) is 0 Å². The van der Waals surface area contributed by atoms with Crippen LogP contribution < -0.4 is 4.74 Å². The van der Waals surface area contributed by atoms with Crippen LogP contribution in [0.5, 0.6) is 5.75 Å². The first-order valence-corrected chi connectivity index (χ1v) is 7.33. The summed E-state index contributed by atoms with van der Waals surface area (Å²) in [6, 6.07) is 12.6. The van der Waals surface area contributed by atoms with Gasteiger partial charge in [-0.15, -0.1) is 11.8 Å². The highest BCUT2D eigenvalue weighted by Crippen LogP contribution is 2.24. The highest BCUT2D eigenvalue weighted by Gasteiger charge is 2.13. The minimum Gasteiger partial charge on any atom is -0.423 e. The average Bonchev–Trinajstić information content (AvgIpc) is 2.42. The smallest absolute Gasteiger partial charge is 0.345 e. The lowest BCUT2D eigenvalue weighted by molar-refractivity contribution is 0.0734. The van der Waals surface area contributed by atoms with Gasteiger partial charge in [-0.3, -0.25) is 0 Å². The number of ether oxygens (including phenoxy) is 1. The van der Waals surface area contributed by atoms with Crippen molar-refractivity contribution in [3.8, 4) is 5.75 Å². The van der Waals surface area contributed by atoms with Gasteiger partial charge in [0.05, 0.1) is 10.6 Å². The Hall–Kier alpha value is -1.45. The van der Waals surface area contributed by atoms with Crippen LogP contribution in [-0.2, 0) is 0 Å². The lowest BCUT2D eigenvalue weighted by Gasteiger charge is -2.07. The number of hydrogen-bond acceptors (Lipinski definition) is 3. The number of carbonyl (C=O) groups is 1. The second-order valence-corrected chi connectivity index (χ2v) is 5.34. The molecule has 98 valence electrons. The number of carbonyl (C=O) groups excluding carboxylic acids is 1. The maximum Gasteiger partial charge on any atom is 0.345 e. The van der Waals surface area contributed by atoms with Crippen LogP contribution in [0.4, 0.5) is 0 Å². The standard InChI is InChI=1S/C15H13ClO2S/c1-10-3-5-11(6-4-10)18-15(17)13-9-12(19-2)7-8-14(13)16/h3-9H,1-2H3. The molecule has 0 radical (unpaired) electrons. The zero-order chi connectivity index (χ0) is 13.8. The minimum atomic E-state index is -0.440. The molecule has 0 spiro atoms. The van der Waals surface area contributed by atoms with Crippen molar-refractivity contribution in [1.82, 2.24) is 0 Å². The Bertz CT molecular complexity index is 594. The number of rotatable bonds is 3. The molecule has 0 aliphatic carbocycles. The highest BCUT2D eigenvalue weighted by atomic mass is 35.5. The molecule has 0 fully saturated rings. The van der Waals surface area contributed by atoms with E-state index in [2.05, 4.69) is 0 Å². The van der Waals surface area contributed by atoms with Gasteiger partial charge in [-0.1, -0.05) is 29.3 Å². The van der Waals surface area contributed by atoms with Crippen LogP contribution in [0, 0.1) is 6.92 Å². The zero-order valence-electron chi connectivity index (χ0n) is 10.6. The highest BCUT2D eigenvalue weighted by molar-refractivity contribution is 7.98. The summed E-state index contributed by atoms with van der Waals surface area (Å²) in [6.07, 6.45) is 1.94. The van der Waals surface area contributed by atoms with Gasteiger partial charge in [0.25, 0.3) is 0 Å². The first-order chi connectivity index (χ1) is 9.10. The van der Waals surface area contributed by atoms with Crippen LogP contribution in [-0.4, -0.2) is 12.2 Å². The molecule has 0 unspecified atom stereocenters. The molecule has 0 aliphatic rings. The number of benzene rings is 2. The van der Waals surface area contributed by atoms with Gasteiger partial charge in [0, 0.05) is 4.90 Å². The number of aryl methyl sites for hydroxylation is 1. The van der Waals surface area contributed by atoms with Crippen molar-refractivity contribution in [2.24, 2.45) is 0 Å². The van der Waals surface area contributed by atoms with Gasteiger partial charge in [-0.25, -0.2) is 4.79 Å². The van der Waals surface area contributed by atoms with Crippen molar-refractivity contribution >= 4 is 29.3 Å². The summed E-state index contributed by atoms with van der Waals surface area (Å²) in [5.41, 5.74) is 1.50. The second-order valence-electron chi connectivity index (χ2n) is 4.05. The Morgan fingerprint density at radius 2 is 1.84 bits per heavy atom. The van der Waals surface area contributed by atoms with Crippen molar-refractivity contribution in [1.29, 1.82) is 0 Å². The fourth-order valence-corrected chi connectivity index (χ4v) is 2.19. The third-order valence-corrected chi connectivity index (χ3v) is 3.68. The quantitative estimate of drug-likeness (QED) is 0.470. The fraction of sp³-hybridized carbons (Fsp3) is 0.133. The zero-order valence-corrected chi connectivity index (χ0v) is 12.2. The first kappa shape index (κ1) is 14.0. The molecule has 2 aromatic rings. The molecule has 0 aliphatic heterocycles. The van der Waals surface area contributed by atoms with Crippen molar-refractivity contribution in [2.45, 2.75) is 11.8 Å². The Morgan fingerprint density at radius 3 is 2.47 bits per heavy atom. The van der Waals surface area contributed by atoms with Crippen molar-refractivity contribution < 1.29 is 9.53 Å². The van der Waals surface area contributed by atoms with E-state index in [0.717, 1.165) is 10.5 Å². The molecule has 2 nitrogen and oxygen atoms in total. The van der Waals surface area contributed by atoms with E-state index in [0.29, 0.717) is 16.3 Å². The van der Waals surface area contributed by atoms with Gasteiger partial charge in [0.2, 0.25) is 0 Å². The predicted molar refractivity (Wildman–Crippen MR) is 79.4 cm³/mol. The van der Waals surface area contributed by atoms with Crippen LogP contribution in [0.1, 0.15) is 15.9 Å². The Balaban J connectivity index is 2.22. The molecule has 0 saturated carbocycles. The molecular weight excluding hydrogens is 280 g/mol. The van der Waals surface area contributed by atoms with Gasteiger partial charge >= 0.3 is 5.97 Å². The summed E-state index contributed by atoms with van der Waals surface area (Å²) < 4.78 is 5.30. The third kappa shape index (κ3) is 3.52. The number of esters is 1. The van der Waals surface area contributed by atoms with E-state index in [4.69, 9.17) is 16.3 Å². The van der Waals surface area contributed by atoms with E-state index in [1.807, 2.05) is 31.4 Å². The number of halogens is 1. The van der Waals surface area contributed by atoms with Gasteiger partial charge < -0.3 is 4.74 Å². The van der Waals surface area contributed by atoms with E-state index in [1.54, 1.807) is 36.0 Å². The van der Waals surface area contributed by atoms with E-state index >= 15 is 0 Å². The van der Waals surface area contributed by atoms with Gasteiger partial charge in [-0.05, 0) is 43.5 Å². The molecule has 19 heavy (non-hydrogen) atoms. The van der Waals surface area contributed by atoms with Gasteiger partial charge in [-0.2, -0.15) is 0 Å². The largest absolute Gasteiger partial charge is 0.423 e. The first-order valence-electron chi connectivity index (χ1n) is 5.72. The van der Waals surface area contributed by atoms with Crippen LogP contribution >= 0.6 is 23.4 Å². The molecule has 4 heteroatoms. The molecule has 0 aromatic heterocycles. The SMILES string of the molecule is CSc1ccc(Cl)c(C(=O)Oc2ccc(C)cc2)c1. The van der Waals surface area contributed by atoms with Crippen LogP contribution in [0.2, 0.25) is 5.02 Å². The van der Waals surface area contributed by atoms with Crippen molar-refractivity contribution in [3.05, 3.63) is 58.6 Å². The summed E-state index contributed by atoms with van der Waals surface area (Å²) >= 11 is 7.58. The van der Waals surface area contributed by atoms with Gasteiger partial charge in [0.1, 0.15) is 5.75 Å². The van der Waals surface area contributed by atoms with E-state index in [9.17, 15) is 4.79 Å². The Morgan fingerprint density at radius 1 is 1.16 bits per heavy atom. The summed E-state index contributed by atoms with van der Waals surface area (Å²) in [6.45, 7) is 1.98. The van der Waals surface area contributed by atoms with Crippen molar-refractivity contribution in [2.75, 3.05) is 6.26 Å². The van der Waals surface area contributed by atoms with Crippen LogP contribution in [0.15, 0.2) is 47.4 Å². The topological polar surface area (TPSA) is 26.3 Å². The summed E-state index contributed by atoms with van der Waals surface area (Å²) in [7, 11) is 0. The van der Waals surface area contributed by atoms with Crippen LogP contribution in [0.3, 0.4) is 0 Å². The predicted octanol–water partition coefficient (Wildman–Crippen LogP) is 4.59. The van der Waals surface area contributed by atoms with Crippen LogP contribution in [0.25, 0.3) is 0 Å². The molecule has 0 bridgehead atoms. The summed E-state index contributed by atoms with van der Waals surface area (Å²) in [5, 5.41) is 0.398. The van der Waals surface area contributed by atoms with Gasteiger partial charge in [0.15, 0.2) is 0 Å². The van der Waals surface area contributed by atoms with E-state index in [1.165, 1.54) is 0 Å². The second kappa shape index (κ2) is 6.13. The summed E-state index contributed by atoms with van der Waals surface area (Å²) in [5.74, 6) is 0.0750. The van der Waals surface area contributed by atoms with E-state index < -0.39 is 5.97 Å². The summed E-state index contributed by atoms with van der Waals surface area (Å²) in [4.78, 5) is 13.0. The minimum absolute atomic E-state index is 0.383. The Labute approximate surface area is 121 Å². The fourth-order valence-electron chi connectivity index (χ4n) is 1.56.